The first-order valence-corrected chi connectivity index (χ1v) is 9.70. The van der Waals surface area contributed by atoms with Crippen LogP contribution in [0.1, 0.15) is 25.1 Å². The Morgan fingerprint density at radius 3 is 2.67 bits per heavy atom. The molecule has 4 rings (SSSR count). The van der Waals surface area contributed by atoms with Crippen molar-refractivity contribution >= 4 is 11.7 Å². The fraction of sp³-hybridized carbons (Fsp3) is 0.667. The molecule has 4 heterocycles. The van der Waals surface area contributed by atoms with Gasteiger partial charge in [0.1, 0.15) is 18.1 Å². The van der Waals surface area contributed by atoms with E-state index in [0.717, 1.165) is 0 Å². The summed E-state index contributed by atoms with van der Waals surface area (Å²) in [5.41, 5.74) is 0.414. The van der Waals surface area contributed by atoms with Crippen LogP contribution in [-0.4, -0.2) is 103 Å². The Labute approximate surface area is 172 Å². The molecule has 0 aliphatic carbocycles. The monoisotopic (exact) mass is 422 g/mol. The van der Waals surface area contributed by atoms with E-state index < -0.39 is 24.1 Å². The predicted molar refractivity (Wildman–Crippen MR) is 102 cm³/mol. The molecule has 12 nitrogen and oxygen atoms in total. The van der Waals surface area contributed by atoms with Gasteiger partial charge in [-0.2, -0.15) is 5.26 Å². The highest BCUT2D eigenvalue weighted by molar-refractivity contribution is 5.86. The number of amides is 1. The number of H-pyrrole nitrogens is 1. The van der Waals surface area contributed by atoms with E-state index in [1.165, 1.54) is 11.0 Å². The fourth-order valence-electron chi connectivity index (χ4n) is 4.86. The highest BCUT2D eigenvalue weighted by Gasteiger charge is 2.59. The summed E-state index contributed by atoms with van der Waals surface area (Å²) in [4.78, 5) is 21.8. The normalized spacial score (nSPS) is 31.3. The summed E-state index contributed by atoms with van der Waals surface area (Å²) in [6, 6.07) is 0.950. The third-order valence-corrected chi connectivity index (χ3v) is 6.61. The van der Waals surface area contributed by atoms with Gasteiger partial charge in [-0.15, -0.1) is 0 Å². The van der Waals surface area contributed by atoms with Crippen LogP contribution in [0.3, 0.4) is 0 Å². The lowest BCUT2D eigenvalue weighted by Crippen LogP contribution is -2.59. The number of nitrogens with zero attached hydrogens (tertiary/aromatic N) is 5. The van der Waals surface area contributed by atoms with Crippen LogP contribution < -0.4 is 4.90 Å². The Kier molecular flexibility index (Phi) is 4.64. The van der Waals surface area contributed by atoms with Crippen molar-refractivity contribution in [2.45, 2.75) is 43.7 Å². The van der Waals surface area contributed by atoms with E-state index in [-0.39, 0.29) is 42.8 Å². The lowest BCUT2D eigenvalue weighted by Gasteiger charge is -2.47. The molecule has 12 heteroatoms. The van der Waals surface area contributed by atoms with Gasteiger partial charge < -0.3 is 40.3 Å². The first kappa shape index (κ1) is 20.7. The number of aromatic nitrogens is 1. The van der Waals surface area contributed by atoms with Gasteiger partial charge in [0.2, 0.25) is 5.88 Å². The number of carbonyl (C=O) groups excluding carboxylic acids is 1. The number of aliphatic hydroxyl groups excluding tert-OH is 1. The van der Waals surface area contributed by atoms with Crippen molar-refractivity contribution < 1.29 is 30.3 Å². The summed E-state index contributed by atoms with van der Waals surface area (Å²) < 4.78 is 0. The number of aliphatic hydroxyl groups is 3. The molecule has 30 heavy (non-hydrogen) atoms. The molecule has 0 aromatic carbocycles. The van der Waals surface area contributed by atoms with Gasteiger partial charge in [0.05, 0.1) is 11.7 Å². The van der Waals surface area contributed by atoms with Gasteiger partial charge in [-0.25, -0.2) is 0 Å². The average molecular weight is 422 g/mol. The number of hydrogen-bond acceptors (Lipinski definition) is 10. The predicted octanol–water partition coefficient (Wildman–Crippen LogP) is -1.79. The van der Waals surface area contributed by atoms with E-state index in [2.05, 4.69) is 4.98 Å². The molecule has 0 bridgehead atoms. The summed E-state index contributed by atoms with van der Waals surface area (Å²) in [5.74, 6) is -4.30. The number of nitrogens with one attached hydrogen (secondary N) is 1. The fourth-order valence-corrected chi connectivity index (χ4v) is 4.86. The topological polar surface area (TPSA) is 171 Å². The molecule has 6 N–H and O–H groups in total. The van der Waals surface area contributed by atoms with E-state index >= 15 is 0 Å². The zero-order chi connectivity index (χ0) is 22.1. The van der Waals surface area contributed by atoms with E-state index in [1.54, 1.807) is 11.9 Å². The first-order chi connectivity index (χ1) is 14.0. The third-order valence-electron chi connectivity index (χ3n) is 6.61. The van der Waals surface area contributed by atoms with Crippen LogP contribution in [0.5, 0.6) is 11.6 Å². The molecule has 0 saturated carbocycles. The first-order valence-electron chi connectivity index (χ1n) is 9.70. The maximum atomic E-state index is 12.4. The minimum Gasteiger partial charge on any atom is -0.503 e. The Balaban J connectivity index is 1.65. The van der Waals surface area contributed by atoms with Crippen LogP contribution in [-0.2, 0) is 4.79 Å². The molecule has 1 aromatic rings. The molecule has 0 radical (unpaired) electrons. The Morgan fingerprint density at radius 2 is 2.03 bits per heavy atom. The van der Waals surface area contributed by atoms with Crippen LogP contribution in [0.2, 0.25) is 0 Å². The van der Waals surface area contributed by atoms with Crippen molar-refractivity contribution in [3.05, 3.63) is 5.56 Å². The highest BCUT2D eigenvalue weighted by atomic mass is 16.5. The molecule has 3 aliphatic heterocycles. The van der Waals surface area contributed by atoms with Crippen LogP contribution in [0.4, 0.5) is 5.82 Å². The van der Waals surface area contributed by atoms with Crippen LogP contribution in [0, 0.1) is 17.2 Å². The second kappa shape index (κ2) is 6.73. The van der Waals surface area contributed by atoms with Gasteiger partial charge in [-0.3, -0.25) is 14.6 Å². The number of nitriles is 1. The number of likely N-dealkylation sites (tertiary alicyclic amines) is 1. The van der Waals surface area contributed by atoms with E-state index in [1.807, 2.05) is 23.8 Å². The number of anilines is 1. The number of rotatable bonds is 3. The minimum absolute atomic E-state index is 0.113. The van der Waals surface area contributed by atoms with Crippen LogP contribution >= 0.6 is 0 Å². The zero-order valence-electron chi connectivity index (χ0n) is 16.9. The van der Waals surface area contributed by atoms with Gasteiger partial charge in [0.15, 0.2) is 12.0 Å². The Bertz CT molecular complexity index is 912. The summed E-state index contributed by atoms with van der Waals surface area (Å²) in [5, 5.41) is 58.9. The van der Waals surface area contributed by atoms with Gasteiger partial charge >= 0.3 is 5.79 Å². The van der Waals surface area contributed by atoms with Crippen molar-refractivity contribution in [1.29, 1.82) is 5.26 Å². The van der Waals surface area contributed by atoms with E-state index in [9.17, 15) is 30.3 Å². The number of carbonyl (C=O) groups is 1. The van der Waals surface area contributed by atoms with Gasteiger partial charge in [-0.1, -0.05) is 6.92 Å². The molecule has 164 valence electrons. The van der Waals surface area contributed by atoms with Gasteiger partial charge in [-0.05, 0) is 26.4 Å². The molecule has 0 spiro atoms. The number of aromatic amines is 1. The van der Waals surface area contributed by atoms with Crippen molar-refractivity contribution in [3.8, 4) is 17.7 Å². The number of fused-ring (bicyclic) bond motifs is 3. The highest BCUT2D eigenvalue weighted by Crippen LogP contribution is 2.54. The SMILES string of the molecule is CC1CCN(C(=O)C(O)(O)C#N)CC1N(C)C1c2c([nH]c(O)c2O)N2C(O)C2N1C. The molecule has 5 atom stereocenters. The zero-order valence-corrected chi connectivity index (χ0v) is 16.9. The lowest BCUT2D eigenvalue weighted by atomic mass is 9.90. The van der Waals surface area contributed by atoms with Crippen molar-refractivity contribution in [2.75, 3.05) is 32.1 Å². The molecule has 1 amide bonds. The Morgan fingerprint density at radius 1 is 1.37 bits per heavy atom. The van der Waals surface area contributed by atoms with Crippen molar-refractivity contribution in [3.63, 3.8) is 0 Å². The lowest BCUT2D eigenvalue weighted by molar-refractivity contribution is -0.180. The van der Waals surface area contributed by atoms with E-state index in [4.69, 9.17) is 5.26 Å². The van der Waals surface area contributed by atoms with Crippen LogP contribution in [0.15, 0.2) is 0 Å². The smallest absolute Gasteiger partial charge is 0.336 e. The summed E-state index contributed by atoms with van der Waals surface area (Å²) in [6.45, 7) is 2.44. The second-order valence-electron chi connectivity index (χ2n) is 8.39. The van der Waals surface area contributed by atoms with Crippen molar-refractivity contribution in [2.24, 2.45) is 5.92 Å². The molecular weight excluding hydrogens is 396 g/mol. The largest absolute Gasteiger partial charge is 0.503 e. The van der Waals surface area contributed by atoms with Crippen LogP contribution in [0.25, 0.3) is 0 Å². The minimum atomic E-state index is -3.08. The maximum absolute atomic E-state index is 12.4. The molecule has 2 saturated heterocycles. The Hall–Kier alpha value is -2.56. The van der Waals surface area contributed by atoms with Gasteiger partial charge in [0.25, 0.3) is 5.91 Å². The van der Waals surface area contributed by atoms with Gasteiger partial charge in [0, 0.05) is 19.1 Å². The standard InChI is InChI=1S/C18H26N6O6/c1-8-4-5-23(17(28)18(29,30)7-19)6-9(8)21(2)14-10-11(25)13(26)20-12(10)24-15(16(24)27)22(14)3/h8-9,14-16,20,25-27,29-30H,4-6H2,1-3H3. The summed E-state index contributed by atoms with van der Waals surface area (Å²) in [6.07, 6.45) is -1.07. The maximum Gasteiger partial charge on any atom is 0.336 e. The molecule has 5 unspecified atom stereocenters. The number of piperidine rings is 1. The molecular formula is C18H26N6O6. The van der Waals surface area contributed by atoms with Crippen molar-refractivity contribution in [1.82, 2.24) is 19.7 Å². The quantitative estimate of drug-likeness (QED) is 0.186. The summed E-state index contributed by atoms with van der Waals surface area (Å²) >= 11 is 0. The van der Waals surface area contributed by atoms with E-state index in [0.29, 0.717) is 17.8 Å². The average Bonchev–Trinajstić information content (AvgIpc) is 3.30. The molecule has 2 fully saturated rings. The summed E-state index contributed by atoms with van der Waals surface area (Å²) in [7, 11) is 3.60. The number of aromatic hydroxyl groups is 2. The molecule has 1 aromatic heterocycles. The second-order valence-corrected chi connectivity index (χ2v) is 8.39. The number of hydrogen-bond donors (Lipinski definition) is 6. The molecule has 3 aliphatic rings. The number of likely N-dealkylation sites (N-methyl/N-ethyl adjacent to an activating group) is 2. The third kappa shape index (κ3) is 2.82.